The van der Waals surface area contributed by atoms with E-state index >= 15 is 0 Å². The number of β-amino-alcohol motifs (C(OH)–C–C–N with tert-alkyl or cyclic N) is 1. The van der Waals surface area contributed by atoms with Gasteiger partial charge in [-0.2, -0.15) is 0 Å². The topological polar surface area (TPSA) is 69.8 Å². The second-order valence-corrected chi connectivity index (χ2v) is 5.22. The Morgan fingerprint density at radius 1 is 1.18 bits per heavy atom. The Bertz CT molecular complexity index is 269. The fraction of sp³-hybridized carbons (Fsp3) is 0.917. The largest absolute Gasteiger partial charge is 0.395 e. The van der Waals surface area contributed by atoms with Gasteiger partial charge in [-0.15, -0.1) is 0 Å². The highest BCUT2D eigenvalue weighted by atomic mass is 16.3. The van der Waals surface area contributed by atoms with Gasteiger partial charge in [0.25, 0.3) is 0 Å². The summed E-state index contributed by atoms with van der Waals surface area (Å²) < 4.78 is 0. The van der Waals surface area contributed by atoms with Crippen LogP contribution in [0.3, 0.4) is 0 Å². The summed E-state index contributed by atoms with van der Waals surface area (Å²) in [6.45, 7) is 4.09. The first-order valence-corrected chi connectivity index (χ1v) is 6.57. The zero-order valence-corrected chi connectivity index (χ0v) is 10.4. The van der Waals surface area contributed by atoms with E-state index in [-0.39, 0.29) is 12.5 Å². The fourth-order valence-electron chi connectivity index (χ4n) is 2.85. The van der Waals surface area contributed by atoms with Crippen molar-refractivity contribution < 1.29 is 9.90 Å². The van der Waals surface area contributed by atoms with E-state index in [1.54, 1.807) is 0 Å². The van der Waals surface area contributed by atoms with Crippen LogP contribution in [0, 0.1) is 0 Å². The van der Waals surface area contributed by atoms with Crippen molar-refractivity contribution in [2.45, 2.75) is 31.2 Å². The zero-order chi connectivity index (χ0) is 12.3. The third-order valence-corrected chi connectivity index (χ3v) is 4.00. The lowest BCUT2D eigenvalue weighted by molar-refractivity contribution is -0.138. The molecule has 1 saturated carbocycles. The second-order valence-electron chi connectivity index (χ2n) is 5.22. The summed E-state index contributed by atoms with van der Waals surface area (Å²) in [7, 11) is 0. The summed E-state index contributed by atoms with van der Waals surface area (Å²) in [5, 5.41) is 8.87. The maximum Gasteiger partial charge on any atom is 0.242 e. The van der Waals surface area contributed by atoms with Gasteiger partial charge in [-0.25, -0.2) is 0 Å². The lowest BCUT2D eigenvalue weighted by Gasteiger charge is -2.38. The van der Waals surface area contributed by atoms with Gasteiger partial charge in [0.2, 0.25) is 5.91 Å². The summed E-state index contributed by atoms with van der Waals surface area (Å²) in [5.41, 5.74) is 5.60. The van der Waals surface area contributed by atoms with Crippen molar-refractivity contribution in [3.63, 3.8) is 0 Å². The predicted molar refractivity (Wildman–Crippen MR) is 65.5 cm³/mol. The molecule has 98 valence electrons. The molecule has 0 bridgehead atoms. The molecule has 0 radical (unpaired) electrons. The van der Waals surface area contributed by atoms with Crippen LogP contribution in [-0.4, -0.2) is 65.7 Å². The minimum absolute atomic E-state index is 0.138. The van der Waals surface area contributed by atoms with E-state index in [1.165, 1.54) is 0 Å². The summed E-state index contributed by atoms with van der Waals surface area (Å²) >= 11 is 0. The Kier molecular flexibility index (Phi) is 4.01. The number of carbonyl (C=O) groups excluding carboxylic acids is 1. The number of hydrogen-bond donors (Lipinski definition) is 2. The van der Waals surface area contributed by atoms with Crippen LogP contribution in [-0.2, 0) is 4.79 Å². The lowest BCUT2D eigenvalue weighted by atomic mass is 9.97. The van der Waals surface area contributed by atoms with Crippen molar-refractivity contribution in [2.75, 3.05) is 39.3 Å². The molecular weight excluding hydrogens is 218 g/mol. The van der Waals surface area contributed by atoms with Gasteiger partial charge in [-0.1, -0.05) is 12.8 Å². The molecule has 1 heterocycles. The first kappa shape index (κ1) is 12.8. The molecule has 1 aliphatic heterocycles. The third-order valence-electron chi connectivity index (χ3n) is 4.00. The van der Waals surface area contributed by atoms with Crippen LogP contribution < -0.4 is 5.73 Å². The van der Waals surface area contributed by atoms with Crippen molar-refractivity contribution in [1.29, 1.82) is 0 Å². The molecule has 0 spiro atoms. The molecule has 5 nitrogen and oxygen atoms in total. The number of aliphatic hydroxyl groups excluding tert-OH is 1. The number of nitrogens with two attached hydrogens (primary N) is 1. The van der Waals surface area contributed by atoms with Crippen LogP contribution >= 0.6 is 0 Å². The van der Waals surface area contributed by atoms with Crippen LogP contribution in [0.15, 0.2) is 0 Å². The molecule has 2 rings (SSSR count). The molecule has 2 fully saturated rings. The Morgan fingerprint density at radius 3 is 2.29 bits per heavy atom. The minimum Gasteiger partial charge on any atom is -0.395 e. The number of aliphatic hydroxyl groups is 1. The summed E-state index contributed by atoms with van der Waals surface area (Å²) in [5.74, 6) is 0.138. The van der Waals surface area contributed by atoms with Gasteiger partial charge in [0, 0.05) is 32.7 Å². The average molecular weight is 241 g/mol. The standard InChI is InChI=1S/C12H23N3O2/c13-12(3-1-2-4-12)11(17)15-7-5-14(6-8-15)9-10-16/h16H,1-10,13H2. The van der Waals surface area contributed by atoms with Crippen LogP contribution in [0.25, 0.3) is 0 Å². The fourth-order valence-corrected chi connectivity index (χ4v) is 2.85. The minimum atomic E-state index is -0.584. The van der Waals surface area contributed by atoms with Gasteiger partial charge in [-0.05, 0) is 12.8 Å². The maximum atomic E-state index is 12.3. The van der Waals surface area contributed by atoms with Gasteiger partial charge in [0.15, 0.2) is 0 Å². The number of piperazine rings is 1. The molecule has 0 unspecified atom stereocenters. The SMILES string of the molecule is NC1(C(=O)N2CCN(CCO)CC2)CCCC1. The Balaban J connectivity index is 1.86. The zero-order valence-electron chi connectivity index (χ0n) is 10.4. The van der Waals surface area contributed by atoms with Crippen molar-refractivity contribution in [3.05, 3.63) is 0 Å². The first-order valence-electron chi connectivity index (χ1n) is 6.57. The number of amides is 1. The first-order chi connectivity index (χ1) is 8.15. The number of nitrogens with zero attached hydrogens (tertiary/aromatic N) is 2. The van der Waals surface area contributed by atoms with Gasteiger partial charge < -0.3 is 15.7 Å². The molecule has 2 aliphatic rings. The second kappa shape index (κ2) is 5.33. The molecule has 1 saturated heterocycles. The van der Waals surface area contributed by atoms with Gasteiger partial charge in [0.05, 0.1) is 12.1 Å². The van der Waals surface area contributed by atoms with E-state index in [0.717, 1.165) is 51.9 Å². The van der Waals surface area contributed by atoms with Crippen molar-refractivity contribution in [2.24, 2.45) is 5.73 Å². The van der Waals surface area contributed by atoms with Crippen LogP contribution in [0.1, 0.15) is 25.7 Å². The van der Waals surface area contributed by atoms with E-state index in [2.05, 4.69) is 4.90 Å². The van der Waals surface area contributed by atoms with Gasteiger partial charge in [0.1, 0.15) is 0 Å². The normalized spacial score (nSPS) is 25.2. The molecule has 0 aromatic carbocycles. The Morgan fingerprint density at radius 2 is 1.76 bits per heavy atom. The van der Waals surface area contributed by atoms with Gasteiger partial charge in [-0.3, -0.25) is 9.69 Å². The van der Waals surface area contributed by atoms with Crippen LogP contribution in [0.2, 0.25) is 0 Å². The van der Waals surface area contributed by atoms with Gasteiger partial charge >= 0.3 is 0 Å². The van der Waals surface area contributed by atoms with Crippen LogP contribution in [0.4, 0.5) is 0 Å². The predicted octanol–water partition coefficient (Wildman–Crippen LogP) is -0.606. The van der Waals surface area contributed by atoms with E-state index in [0.29, 0.717) is 6.54 Å². The Hall–Kier alpha value is -0.650. The molecule has 5 heteroatoms. The molecule has 0 atom stereocenters. The summed E-state index contributed by atoms with van der Waals surface area (Å²) in [6.07, 6.45) is 3.82. The van der Waals surface area contributed by atoms with Crippen molar-refractivity contribution in [1.82, 2.24) is 9.80 Å². The molecule has 0 aromatic heterocycles. The quantitative estimate of drug-likeness (QED) is 0.692. The highest BCUT2D eigenvalue weighted by molar-refractivity contribution is 5.86. The Labute approximate surface area is 103 Å². The van der Waals surface area contributed by atoms with Crippen molar-refractivity contribution in [3.8, 4) is 0 Å². The lowest BCUT2D eigenvalue weighted by Crippen LogP contribution is -2.58. The average Bonchev–Trinajstić information content (AvgIpc) is 2.78. The smallest absolute Gasteiger partial charge is 0.242 e. The van der Waals surface area contributed by atoms with E-state index in [9.17, 15) is 4.79 Å². The van der Waals surface area contributed by atoms with E-state index < -0.39 is 5.54 Å². The monoisotopic (exact) mass is 241 g/mol. The van der Waals surface area contributed by atoms with E-state index in [4.69, 9.17) is 10.8 Å². The van der Waals surface area contributed by atoms with E-state index in [1.807, 2.05) is 4.90 Å². The summed E-state index contributed by atoms with van der Waals surface area (Å²) in [6, 6.07) is 0. The molecule has 17 heavy (non-hydrogen) atoms. The number of rotatable bonds is 3. The molecule has 1 amide bonds. The molecular formula is C12H23N3O2. The number of hydrogen-bond acceptors (Lipinski definition) is 4. The maximum absolute atomic E-state index is 12.3. The molecule has 3 N–H and O–H groups in total. The number of carbonyl (C=O) groups is 1. The van der Waals surface area contributed by atoms with Crippen LogP contribution in [0.5, 0.6) is 0 Å². The summed E-state index contributed by atoms with van der Waals surface area (Å²) in [4.78, 5) is 16.4. The van der Waals surface area contributed by atoms with Crippen molar-refractivity contribution >= 4 is 5.91 Å². The third kappa shape index (κ3) is 2.78. The highest BCUT2D eigenvalue weighted by Crippen LogP contribution is 2.29. The molecule has 0 aromatic rings. The highest BCUT2D eigenvalue weighted by Gasteiger charge is 2.40. The molecule has 1 aliphatic carbocycles.